The van der Waals surface area contributed by atoms with E-state index in [1.165, 1.54) is 0 Å². The maximum Gasteiger partial charge on any atom is 0.336 e. The highest BCUT2D eigenvalue weighted by atomic mass is 16.3. The molecule has 1 aromatic rings. The molecular formula is C27H48N6O6. The number of nitrogens with zero attached hydrogens (tertiary/aromatic N) is 6. The Balaban J connectivity index is 1.56. The molecule has 3 unspecified atom stereocenters. The van der Waals surface area contributed by atoms with Gasteiger partial charge in [0.15, 0.2) is 0 Å². The Morgan fingerprint density at radius 1 is 0.410 bits per heavy atom. The number of aliphatic hydroxyl groups is 3. The van der Waals surface area contributed by atoms with Crippen LogP contribution < -0.4 is 17.1 Å². The van der Waals surface area contributed by atoms with Crippen LogP contribution >= 0.6 is 0 Å². The summed E-state index contributed by atoms with van der Waals surface area (Å²) in [6.45, 7) is 5.42. The zero-order chi connectivity index (χ0) is 27.8. The predicted molar refractivity (Wildman–Crippen MR) is 148 cm³/mol. The van der Waals surface area contributed by atoms with Crippen molar-refractivity contribution in [3.05, 3.63) is 31.5 Å². The highest BCUT2D eigenvalue weighted by Gasteiger charge is 2.24. The third-order valence-corrected chi connectivity index (χ3v) is 8.32. The Labute approximate surface area is 230 Å². The minimum atomic E-state index is -0.968. The first kappa shape index (κ1) is 30.1. The molecule has 1 aromatic heterocycles. The van der Waals surface area contributed by atoms with Crippen LogP contribution in [0.25, 0.3) is 0 Å². The first-order valence-corrected chi connectivity index (χ1v) is 15.0. The molecule has 0 bridgehead atoms. The van der Waals surface area contributed by atoms with Gasteiger partial charge in [0.25, 0.3) is 0 Å². The van der Waals surface area contributed by atoms with E-state index in [0.29, 0.717) is 19.6 Å². The van der Waals surface area contributed by atoms with E-state index in [0.717, 1.165) is 111 Å². The lowest BCUT2D eigenvalue weighted by atomic mass is 10.1. The number of aromatic nitrogens is 3. The molecule has 3 fully saturated rings. The second-order valence-corrected chi connectivity index (χ2v) is 11.7. The van der Waals surface area contributed by atoms with Crippen LogP contribution in [-0.4, -0.2) is 121 Å². The van der Waals surface area contributed by atoms with E-state index >= 15 is 0 Å². The molecule has 0 amide bonds. The fourth-order valence-electron chi connectivity index (χ4n) is 6.28. The maximum absolute atomic E-state index is 13.4. The lowest BCUT2D eigenvalue weighted by Gasteiger charge is -2.30. The van der Waals surface area contributed by atoms with Crippen molar-refractivity contribution in [1.82, 2.24) is 28.4 Å². The molecular weight excluding hydrogens is 504 g/mol. The molecule has 0 saturated carbocycles. The highest BCUT2D eigenvalue weighted by Crippen LogP contribution is 2.11. The Morgan fingerprint density at radius 3 is 0.872 bits per heavy atom. The summed E-state index contributed by atoms with van der Waals surface area (Å²) < 4.78 is 2.70. The van der Waals surface area contributed by atoms with Crippen molar-refractivity contribution in [3.8, 4) is 0 Å². The molecule has 4 rings (SSSR count). The maximum atomic E-state index is 13.4. The topological polar surface area (TPSA) is 136 Å². The van der Waals surface area contributed by atoms with Gasteiger partial charge in [-0.15, -0.1) is 0 Å². The third-order valence-electron chi connectivity index (χ3n) is 8.32. The Hall–Kier alpha value is -1.83. The minimum absolute atomic E-state index is 0.251. The van der Waals surface area contributed by atoms with Crippen LogP contribution in [0.3, 0.4) is 0 Å². The van der Waals surface area contributed by atoms with Crippen molar-refractivity contribution < 1.29 is 15.3 Å². The molecule has 12 heteroatoms. The minimum Gasteiger partial charge on any atom is -0.390 e. The fraction of sp³-hybridized carbons (Fsp3) is 0.889. The first-order valence-electron chi connectivity index (χ1n) is 15.0. The smallest absolute Gasteiger partial charge is 0.336 e. The second-order valence-electron chi connectivity index (χ2n) is 11.7. The molecule has 4 heterocycles. The largest absolute Gasteiger partial charge is 0.390 e. The van der Waals surface area contributed by atoms with Crippen LogP contribution in [0.2, 0.25) is 0 Å². The van der Waals surface area contributed by atoms with E-state index < -0.39 is 35.4 Å². The van der Waals surface area contributed by atoms with Gasteiger partial charge in [-0.1, -0.05) is 19.3 Å². The molecule has 3 aliphatic heterocycles. The highest BCUT2D eigenvalue weighted by molar-refractivity contribution is 4.84. The molecule has 39 heavy (non-hydrogen) atoms. The van der Waals surface area contributed by atoms with Gasteiger partial charge in [0.05, 0.1) is 37.9 Å². The quantitative estimate of drug-likeness (QED) is 0.289. The number of hydrogen-bond acceptors (Lipinski definition) is 9. The van der Waals surface area contributed by atoms with Gasteiger partial charge in [0.2, 0.25) is 0 Å². The van der Waals surface area contributed by atoms with Crippen molar-refractivity contribution in [2.75, 3.05) is 58.9 Å². The van der Waals surface area contributed by atoms with E-state index in [1.807, 2.05) is 0 Å². The summed E-state index contributed by atoms with van der Waals surface area (Å²) in [4.78, 5) is 46.6. The zero-order valence-electron chi connectivity index (χ0n) is 23.3. The lowest BCUT2D eigenvalue weighted by Crippen LogP contribution is -2.58. The Bertz CT molecular complexity index is 904. The van der Waals surface area contributed by atoms with Gasteiger partial charge < -0.3 is 30.0 Å². The number of piperidine rings is 3. The van der Waals surface area contributed by atoms with E-state index in [4.69, 9.17) is 0 Å². The number of aliphatic hydroxyl groups excluding tert-OH is 3. The standard InChI is InChI=1S/C27H48N6O6/c34-22(16-28-10-4-1-5-11-28)19-31-25(37)32(20-23(35)17-29-12-6-2-7-13-29)27(39)33(26(31)38)21-24(36)18-30-14-8-3-9-15-30/h22-24,34-36H,1-21H2. The molecule has 3 atom stereocenters. The van der Waals surface area contributed by atoms with Crippen LogP contribution in [-0.2, 0) is 19.6 Å². The molecule has 3 saturated heterocycles. The van der Waals surface area contributed by atoms with Gasteiger partial charge in [0.1, 0.15) is 0 Å². The molecule has 0 aliphatic carbocycles. The first-order chi connectivity index (χ1) is 18.8. The van der Waals surface area contributed by atoms with Crippen molar-refractivity contribution in [3.63, 3.8) is 0 Å². The average Bonchev–Trinajstić information content (AvgIpc) is 2.93. The van der Waals surface area contributed by atoms with Crippen molar-refractivity contribution in [1.29, 1.82) is 0 Å². The van der Waals surface area contributed by atoms with Crippen molar-refractivity contribution in [2.45, 2.75) is 95.7 Å². The summed E-state index contributed by atoms with van der Waals surface area (Å²) in [6, 6.07) is 0. The molecule has 3 aliphatic rings. The fourth-order valence-corrected chi connectivity index (χ4v) is 6.28. The lowest BCUT2D eigenvalue weighted by molar-refractivity contribution is 0.0731. The molecule has 0 radical (unpaired) electrons. The van der Waals surface area contributed by atoms with Crippen molar-refractivity contribution >= 4 is 0 Å². The molecule has 3 N–H and O–H groups in total. The van der Waals surface area contributed by atoms with E-state index in [9.17, 15) is 29.7 Å². The second kappa shape index (κ2) is 14.7. The summed E-state index contributed by atoms with van der Waals surface area (Å²) in [5, 5.41) is 32.4. The van der Waals surface area contributed by atoms with Gasteiger partial charge in [0, 0.05) is 19.6 Å². The SMILES string of the molecule is O=c1n(CC(O)CN2CCCCC2)c(=O)n(CC(O)CN2CCCCC2)c(=O)n1CC(O)CN1CCCCC1. The molecule has 222 valence electrons. The monoisotopic (exact) mass is 552 g/mol. The number of rotatable bonds is 12. The van der Waals surface area contributed by atoms with E-state index in [-0.39, 0.29) is 19.6 Å². The number of likely N-dealkylation sites (tertiary alicyclic amines) is 3. The van der Waals surface area contributed by atoms with Crippen LogP contribution in [0.15, 0.2) is 14.4 Å². The summed E-state index contributed by atoms with van der Waals surface area (Å²) in [6.07, 6.45) is 6.86. The van der Waals surface area contributed by atoms with Gasteiger partial charge in [-0.3, -0.25) is 0 Å². The summed E-state index contributed by atoms with van der Waals surface area (Å²) >= 11 is 0. The number of β-amino-alcohol motifs (C(OH)–C–C–N with tert-alkyl or cyclic N) is 3. The van der Waals surface area contributed by atoms with E-state index in [1.54, 1.807) is 0 Å². The van der Waals surface area contributed by atoms with E-state index in [2.05, 4.69) is 14.7 Å². The normalized spacial score (nSPS) is 22.5. The van der Waals surface area contributed by atoms with Crippen LogP contribution in [0.1, 0.15) is 57.8 Å². The molecule has 0 spiro atoms. The van der Waals surface area contributed by atoms with Crippen LogP contribution in [0.5, 0.6) is 0 Å². The van der Waals surface area contributed by atoms with Crippen LogP contribution in [0.4, 0.5) is 0 Å². The summed E-state index contributed by atoms with van der Waals surface area (Å²) in [5.41, 5.74) is -2.49. The Morgan fingerprint density at radius 2 is 0.641 bits per heavy atom. The van der Waals surface area contributed by atoms with Gasteiger partial charge in [-0.25, -0.2) is 28.1 Å². The predicted octanol–water partition coefficient (Wildman–Crippen LogP) is -1.29. The molecule has 0 aromatic carbocycles. The molecule has 12 nitrogen and oxygen atoms in total. The zero-order valence-corrected chi connectivity index (χ0v) is 23.3. The number of hydrogen-bond donors (Lipinski definition) is 3. The summed E-state index contributed by atoms with van der Waals surface area (Å²) in [7, 11) is 0. The Kier molecular flexibility index (Phi) is 11.4. The average molecular weight is 553 g/mol. The summed E-state index contributed by atoms with van der Waals surface area (Å²) in [5.74, 6) is 0. The van der Waals surface area contributed by atoms with Gasteiger partial charge in [-0.2, -0.15) is 0 Å². The van der Waals surface area contributed by atoms with Crippen molar-refractivity contribution in [2.24, 2.45) is 0 Å². The van der Waals surface area contributed by atoms with Gasteiger partial charge >= 0.3 is 17.1 Å². The third kappa shape index (κ3) is 8.58. The van der Waals surface area contributed by atoms with Gasteiger partial charge in [-0.05, 0) is 77.8 Å². The van der Waals surface area contributed by atoms with Crippen LogP contribution in [0, 0.1) is 0 Å².